The molecule has 2 heterocycles. The molecule has 4 rings (SSSR count). The molecule has 0 aliphatic carbocycles. The highest BCUT2D eigenvalue weighted by molar-refractivity contribution is 5.94. The average molecular weight is 419 g/mol. The fraction of sp³-hybridized carbons (Fsp3) is 0.435. The second-order valence-corrected chi connectivity index (χ2v) is 7.82. The van der Waals surface area contributed by atoms with Gasteiger partial charge >= 0.3 is 0 Å². The molecule has 2 fully saturated rings. The number of amides is 1. The highest BCUT2D eigenvalue weighted by atomic mass is 35.5. The van der Waals surface area contributed by atoms with Crippen LogP contribution in [0.2, 0.25) is 0 Å². The van der Waals surface area contributed by atoms with E-state index in [0.29, 0.717) is 19.7 Å². The minimum absolute atomic E-state index is 0. The van der Waals surface area contributed by atoms with E-state index in [-0.39, 0.29) is 29.5 Å². The normalized spacial score (nSPS) is 19.0. The van der Waals surface area contributed by atoms with Crippen molar-refractivity contribution in [1.29, 1.82) is 0 Å². The number of halogens is 2. The lowest BCUT2D eigenvalue weighted by Gasteiger charge is -2.47. The van der Waals surface area contributed by atoms with Crippen molar-refractivity contribution in [3.05, 3.63) is 71.5 Å². The molecular weight excluding hydrogens is 391 g/mol. The smallest absolute Gasteiger partial charge is 0.257 e. The molecular formula is C23H28ClFN2O2. The number of hydrogen-bond acceptors (Lipinski definition) is 3. The highest BCUT2D eigenvalue weighted by Gasteiger charge is 2.41. The van der Waals surface area contributed by atoms with E-state index in [4.69, 9.17) is 4.74 Å². The Balaban J connectivity index is 0.00000240. The summed E-state index contributed by atoms with van der Waals surface area (Å²) >= 11 is 0. The first-order valence-corrected chi connectivity index (χ1v) is 10.1. The zero-order valence-electron chi connectivity index (χ0n) is 16.6. The number of carbonyl (C=O) groups is 1. The molecule has 0 atom stereocenters. The van der Waals surface area contributed by atoms with Crippen molar-refractivity contribution in [2.24, 2.45) is 0 Å². The standard InChI is InChI=1S/C23H27FN2O2.ClH/c24-21-9-5-4-8-20(21)22(27)26-16-17-28-23(18-26)11-14-25(15-12-23)13-10-19-6-2-1-3-7-19;/h1-9H,10-18H2;1H. The van der Waals surface area contributed by atoms with Crippen molar-refractivity contribution in [3.63, 3.8) is 0 Å². The molecule has 0 radical (unpaired) electrons. The maximum Gasteiger partial charge on any atom is 0.257 e. The second kappa shape index (κ2) is 9.70. The van der Waals surface area contributed by atoms with E-state index < -0.39 is 5.82 Å². The first-order chi connectivity index (χ1) is 13.7. The van der Waals surface area contributed by atoms with Gasteiger partial charge in [0, 0.05) is 26.2 Å². The Morgan fingerprint density at radius 1 is 1.00 bits per heavy atom. The van der Waals surface area contributed by atoms with Crippen LogP contribution in [0.3, 0.4) is 0 Å². The summed E-state index contributed by atoms with van der Waals surface area (Å²) in [6.07, 6.45) is 2.86. The molecule has 4 nitrogen and oxygen atoms in total. The van der Waals surface area contributed by atoms with Crippen LogP contribution in [-0.2, 0) is 11.2 Å². The summed E-state index contributed by atoms with van der Waals surface area (Å²) in [6, 6.07) is 16.8. The largest absolute Gasteiger partial charge is 0.371 e. The molecule has 2 aromatic rings. The van der Waals surface area contributed by atoms with Gasteiger partial charge in [0.1, 0.15) is 5.82 Å². The number of carbonyl (C=O) groups excluding carboxylic acids is 1. The summed E-state index contributed by atoms with van der Waals surface area (Å²) in [7, 11) is 0. The van der Waals surface area contributed by atoms with E-state index in [1.54, 1.807) is 23.1 Å². The Morgan fingerprint density at radius 2 is 1.69 bits per heavy atom. The fourth-order valence-electron chi connectivity index (χ4n) is 4.24. The van der Waals surface area contributed by atoms with E-state index in [1.807, 2.05) is 6.07 Å². The van der Waals surface area contributed by atoms with Crippen LogP contribution in [0.1, 0.15) is 28.8 Å². The molecule has 2 aromatic carbocycles. The van der Waals surface area contributed by atoms with Gasteiger partial charge in [-0.15, -0.1) is 12.4 Å². The lowest BCUT2D eigenvalue weighted by Crippen LogP contribution is -2.58. The molecule has 2 saturated heterocycles. The molecule has 1 amide bonds. The van der Waals surface area contributed by atoms with Gasteiger partial charge in [0.25, 0.3) is 5.91 Å². The van der Waals surface area contributed by atoms with Crippen LogP contribution in [0.4, 0.5) is 4.39 Å². The van der Waals surface area contributed by atoms with Gasteiger partial charge in [-0.05, 0) is 37.0 Å². The molecule has 6 heteroatoms. The van der Waals surface area contributed by atoms with E-state index in [1.165, 1.54) is 11.6 Å². The van der Waals surface area contributed by atoms with E-state index in [9.17, 15) is 9.18 Å². The molecule has 2 aliphatic rings. The monoisotopic (exact) mass is 418 g/mol. The predicted octanol–water partition coefficient (Wildman–Crippen LogP) is 3.80. The third-order valence-corrected chi connectivity index (χ3v) is 5.97. The van der Waals surface area contributed by atoms with Crippen LogP contribution in [0.5, 0.6) is 0 Å². The van der Waals surface area contributed by atoms with Crippen molar-refractivity contribution < 1.29 is 13.9 Å². The van der Waals surface area contributed by atoms with Gasteiger partial charge in [0.15, 0.2) is 0 Å². The van der Waals surface area contributed by atoms with Crippen LogP contribution in [0.15, 0.2) is 54.6 Å². The number of likely N-dealkylation sites (tertiary alicyclic amines) is 1. The van der Waals surface area contributed by atoms with Crippen LogP contribution >= 0.6 is 12.4 Å². The van der Waals surface area contributed by atoms with Crippen molar-refractivity contribution >= 4 is 18.3 Å². The number of hydrogen-bond donors (Lipinski definition) is 0. The maximum atomic E-state index is 14.0. The van der Waals surface area contributed by atoms with Gasteiger partial charge in [-0.3, -0.25) is 4.79 Å². The molecule has 1 spiro atoms. The lowest BCUT2D eigenvalue weighted by atomic mass is 9.89. The SMILES string of the molecule is Cl.O=C(c1ccccc1F)N1CCOC2(CCN(CCc3ccccc3)CC2)C1. The maximum absolute atomic E-state index is 14.0. The minimum atomic E-state index is -0.455. The average Bonchev–Trinajstić information content (AvgIpc) is 2.74. The third kappa shape index (κ3) is 5.16. The molecule has 0 bridgehead atoms. The van der Waals surface area contributed by atoms with Crippen molar-refractivity contribution in [1.82, 2.24) is 9.80 Å². The first kappa shape index (κ1) is 21.8. The molecule has 0 saturated carbocycles. The quantitative estimate of drug-likeness (QED) is 0.757. The molecule has 0 unspecified atom stereocenters. The zero-order chi connectivity index (χ0) is 19.4. The van der Waals surface area contributed by atoms with Gasteiger partial charge < -0.3 is 14.5 Å². The van der Waals surface area contributed by atoms with E-state index >= 15 is 0 Å². The summed E-state index contributed by atoms with van der Waals surface area (Å²) in [6.45, 7) is 4.56. The summed E-state index contributed by atoms with van der Waals surface area (Å²) in [5.74, 6) is -0.684. The van der Waals surface area contributed by atoms with Gasteiger partial charge in [-0.2, -0.15) is 0 Å². The number of rotatable bonds is 4. The van der Waals surface area contributed by atoms with Gasteiger partial charge in [-0.25, -0.2) is 4.39 Å². The number of morpholine rings is 1. The summed E-state index contributed by atoms with van der Waals surface area (Å²) in [5.41, 5.74) is 1.22. The van der Waals surface area contributed by atoms with Crippen LogP contribution in [0, 0.1) is 5.82 Å². The van der Waals surface area contributed by atoms with Gasteiger partial charge in [0.2, 0.25) is 0 Å². The first-order valence-electron chi connectivity index (χ1n) is 10.1. The molecule has 156 valence electrons. The number of benzene rings is 2. The number of nitrogens with zero attached hydrogens (tertiary/aromatic N) is 2. The Labute approximate surface area is 178 Å². The lowest BCUT2D eigenvalue weighted by molar-refractivity contribution is -0.127. The fourth-order valence-corrected chi connectivity index (χ4v) is 4.24. The highest BCUT2D eigenvalue weighted by Crippen LogP contribution is 2.31. The molecule has 0 aromatic heterocycles. The predicted molar refractivity (Wildman–Crippen MR) is 114 cm³/mol. The number of piperidine rings is 1. The Kier molecular flexibility index (Phi) is 7.28. The van der Waals surface area contributed by atoms with Crippen LogP contribution < -0.4 is 0 Å². The second-order valence-electron chi connectivity index (χ2n) is 7.82. The van der Waals surface area contributed by atoms with Crippen molar-refractivity contribution in [3.8, 4) is 0 Å². The molecule has 0 N–H and O–H groups in total. The van der Waals surface area contributed by atoms with Crippen molar-refractivity contribution in [2.45, 2.75) is 24.9 Å². The molecule has 2 aliphatic heterocycles. The summed E-state index contributed by atoms with van der Waals surface area (Å²) < 4.78 is 20.2. The number of ether oxygens (including phenoxy) is 1. The summed E-state index contributed by atoms with van der Waals surface area (Å²) in [5, 5.41) is 0. The van der Waals surface area contributed by atoms with Crippen molar-refractivity contribution in [2.75, 3.05) is 39.3 Å². The van der Waals surface area contributed by atoms with E-state index in [0.717, 1.165) is 38.9 Å². The third-order valence-electron chi connectivity index (χ3n) is 5.97. The van der Waals surface area contributed by atoms with Gasteiger partial charge in [-0.1, -0.05) is 42.5 Å². The summed E-state index contributed by atoms with van der Waals surface area (Å²) in [4.78, 5) is 17.0. The van der Waals surface area contributed by atoms with Crippen LogP contribution in [-0.4, -0.2) is 60.6 Å². The topological polar surface area (TPSA) is 32.8 Å². The van der Waals surface area contributed by atoms with Crippen LogP contribution in [0.25, 0.3) is 0 Å². The Hall–Kier alpha value is -1.95. The Bertz CT molecular complexity index is 810. The van der Waals surface area contributed by atoms with E-state index in [2.05, 4.69) is 29.2 Å². The van der Waals surface area contributed by atoms with Gasteiger partial charge in [0.05, 0.1) is 24.3 Å². The Morgan fingerprint density at radius 3 is 2.41 bits per heavy atom. The minimum Gasteiger partial charge on any atom is -0.371 e. The molecule has 29 heavy (non-hydrogen) atoms. The zero-order valence-corrected chi connectivity index (χ0v) is 17.4.